The topological polar surface area (TPSA) is 126 Å². The van der Waals surface area contributed by atoms with Crippen LogP contribution in [-0.2, 0) is 24.4 Å². The van der Waals surface area contributed by atoms with Crippen molar-refractivity contribution in [1.82, 2.24) is 19.7 Å². The molecule has 10 heteroatoms. The van der Waals surface area contributed by atoms with E-state index in [-0.39, 0.29) is 13.0 Å². The van der Waals surface area contributed by atoms with E-state index in [1.54, 1.807) is 29.3 Å². The van der Waals surface area contributed by atoms with Crippen LogP contribution in [0.1, 0.15) is 35.9 Å². The predicted molar refractivity (Wildman–Crippen MR) is 116 cm³/mol. The minimum atomic E-state index is -0.861. The van der Waals surface area contributed by atoms with Gasteiger partial charge in [0, 0.05) is 30.4 Å². The van der Waals surface area contributed by atoms with Crippen LogP contribution in [-0.4, -0.2) is 37.4 Å². The number of ether oxygens (including phenoxy) is 2. The van der Waals surface area contributed by atoms with Gasteiger partial charge in [-0.3, -0.25) is 9.48 Å². The van der Waals surface area contributed by atoms with Crippen LogP contribution in [0, 0.1) is 6.92 Å². The van der Waals surface area contributed by atoms with Crippen LogP contribution in [0.3, 0.4) is 0 Å². The highest BCUT2D eigenvalue weighted by molar-refractivity contribution is 5.67. The molecule has 4 heterocycles. The fraction of sp³-hybridized carbons (Fsp3) is 0.304. The number of nitrogens with zero attached hydrogens (tertiary/aromatic N) is 4. The Morgan fingerprint density at radius 1 is 1.27 bits per heavy atom. The lowest BCUT2D eigenvalue weighted by Gasteiger charge is -2.06. The number of rotatable bonds is 11. The van der Waals surface area contributed by atoms with E-state index >= 15 is 0 Å². The third-order valence-electron chi connectivity index (χ3n) is 4.81. The Kier molecular flexibility index (Phi) is 6.72. The smallest absolute Gasteiger partial charge is 0.303 e. The van der Waals surface area contributed by atoms with Crippen molar-refractivity contribution in [3.63, 3.8) is 0 Å². The monoisotopic (exact) mass is 452 g/mol. The molecule has 4 aromatic heterocycles. The van der Waals surface area contributed by atoms with Crippen molar-refractivity contribution in [2.75, 3.05) is 6.61 Å². The molecular weight excluding hydrogens is 428 g/mol. The van der Waals surface area contributed by atoms with Crippen LogP contribution >= 0.6 is 0 Å². The van der Waals surface area contributed by atoms with E-state index in [1.165, 1.54) is 0 Å². The molecule has 0 spiro atoms. The van der Waals surface area contributed by atoms with Crippen LogP contribution in [0.5, 0.6) is 11.8 Å². The Morgan fingerprint density at radius 2 is 2.15 bits per heavy atom. The highest BCUT2D eigenvalue weighted by Gasteiger charge is 2.15. The van der Waals surface area contributed by atoms with Crippen molar-refractivity contribution >= 4 is 5.97 Å². The standard InChI is InChI=1S/C23H24N4O6/c1-3-30-22-17(6-7-21(28)29)13-27(26-22)12-16-8-9-24-20(11-16)32-14-18-15(2)33-23(25-18)19-5-4-10-31-19/h4-5,8-11,13H,3,6-7,12,14H2,1-2H3,(H,28,29). The summed E-state index contributed by atoms with van der Waals surface area (Å²) >= 11 is 0. The first-order valence-electron chi connectivity index (χ1n) is 10.5. The molecule has 0 aliphatic carbocycles. The quantitative estimate of drug-likeness (QED) is 0.361. The number of aryl methyl sites for hydroxylation is 2. The van der Waals surface area contributed by atoms with Crippen molar-refractivity contribution < 1.29 is 28.2 Å². The van der Waals surface area contributed by atoms with Gasteiger partial charge in [-0.2, -0.15) is 0 Å². The van der Waals surface area contributed by atoms with Gasteiger partial charge in [0.15, 0.2) is 5.76 Å². The molecule has 0 fully saturated rings. The third-order valence-corrected chi connectivity index (χ3v) is 4.81. The zero-order chi connectivity index (χ0) is 23.2. The van der Waals surface area contributed by atoms with Crippen LogP contribution in [0.15, 0.2) is 51.8 Å². The number of carbonyl (C=O) groups is 1. The SMILES string of the molecule is CCOc1nn(Cc2ccnc(OCc3nc(-c4ccco4)oc3C)c2)cc1CCC(=O)O. The highest BCUT2D eigenvalue weighted by atomic mass is 16.5. The normalized spacial score (nSPS) is 11.0. The van der Waals surface area contributed by atoms with Crippen molar-refractivity contribution in [3.8, 4) is 23.4 Å². The lowest BCUT2D eigenvalue weighted by Crippen LogP contribution is -2.03. The molecule has 0 saturated heterocycles. The molecule has 0 aromatic carbocycles. The van der Waals surface area contributed by atoms with Crippen LogP contribution in [0.25, 0.3) is 11.7 Å². The van der Waals surface area contributed by atoms with Gasteiger partial charge < -0.3 is 23.4 Å². The van der Waals surface area contributed by atoms with E-state index in [2.05, 4.69) is 15.1 Å². The number of furan rings is 1. The van der Waals surface area contributed by atoms with E-state index < -0.39 is 5.97 Å². The summed E-state index contributed by atoms with van der Waals surface area (Å²) in [5.74, 6) is 1.64. The fourth-order valence-corrected chi connectivity index (χ4v) is 3.22. The molecule has 0 radical (unpaired) electrons. The highest BCUT2D eigenvalue weighted by Crippen LogP contribution is 2.23. The molecule has 4 aromatic rings. The number of pyridine rings is 1. The second kappa shape index (κ2) is 10.0. The summed E-state index contributed by atoms with van der Waals surface area (Å²) in [6, 6.07) is 7.23. The van der Waals surface area contributed by atoms with Crippen molar-refractivity contribution in [2.45, 2.75) is 39.8 Å². The molecule has 1 N–H and O–H groups in total. The number of aromatic nitrogens is 4. The van der Waals surface area contributed by atoms with Gasteiger partial charge >= 0.3 is 5.97 Å². The zero-order valence-corrected chi connectivity index (χ0v) is 18.4. The molecule has 4 rings (SSSR count). The first kappa shape index (κ1) is 22.1. The molecule has 0 atom stereocenters. The Labute approximate surface area is 189 Å². The van der Waals surface area contributed by atoms with E-state index in [4.69, 9.17) is 23.4 Å². The summed E-state index contributed by atoms with van der Waals surface area (Å²) in [4.78, 5) is 19.6. The Bertz CT molecular complexity index is 1210. The molecule has 0 aliphatic rings. The Morgan fingerprint density at radius 3 is 2.91 bits per heavy atom. The maximum absolute atomic E-state index is 10.9. The van der Waals surface area contributed by atoms with Gasteiger partial charge in [-0.25, -0.2) is 9.97 Å². The largest absolute Gasteiger partial charge is 0.481 e. The van der Waals surface area contributed by atoms with Gasteiger partial charge in [-0.05, 0) is 44.0 Å². The molecule has 33 heavy (non-hydrogen) atoms. The second-order valence-corrected chi connectivity index (χ2v) is 7.27. The summed E-state index contributed by atoms with van der Waals surface area (Å²) < 4.78 is 24.1. The Hall–Kier alpha value is -4.08. The summed E-state index contributed by atoms with van der Waals surface area (Å²) in [6.07, 6.45) is 5.40. The maximum atomic E-state index is 10.9. The Balaban J connectivity index is 1.42. The molecule has 172 valence electrons. The number of aliphatic carboxylic acids is 1. The number of carboxylic acid groups (broad SMARTS) is 1. The van der Waals surface area contributed by atoms with Gasteiger partial charge in [-0.1, -0.05) is 0 Å². The first-order chi connectivity index (χ1) is 16.0. The van der Waals surface area contributed by atoms with E-state index in [0.29, 0.717) is 54.4 Å². The minimum Gasteiger partial charge on any atom is -0.481 e. The third kappa shape index (κ3) is 5.59. The van der Waals surface area contributed by atoms with Crippen molar-refractivity contribution in [3.05, 3.63) is 65.5 Å². The number of carboxylic acids is 1. The lowest BCUT2D eigenvalue weighted by atomic mass is 10.2. The lowest BCUT2D eigenvalue weighted by molar-refractivity contribution is -0.136. The minimum absolute atomic E-state index is 0.0160. The van der Waals surface area contributed by atoms with E-state index in [9.17, 15) is 4.79 Å². The van der Waals surface area contributed by atoms with Crippen LogP contribution in [0.2, 0.25) is 0 Å². The second-order valence-electron chi connectivity index (χ2n) is 7.27. The predicted octanol–water partition coefficient (Wildman–Crippen LogP) is 3.88. The first-order valence-corrected chi connectivity index (χ1v) is 10.5. The van der Waals surface area contributed by atoms with Gasteiger partial charge in [0.05, 0.1) is 19.4 Å². The van der Waals surface area contributed by atoms with Crippen molar-refractivity contribution in [2.24, 2.45) is 0 Å². The fourth-order valence-electron chi connectivity index (χ4n) is 3.22. The van der Waals surface area contributed by atoms with Crippen LogP contribution in [0.4, 0.5) is 0 Å². The van der Waals surface area contributed by atoms with Gasteiger partial charge in [-0.15, -0.1) is 5.10 Å². The molecule has 0 unspecified atom stereocenters. The summed E-state index contributed by atoms with van der Waals surface area (Å²) in [5, 5.41) is 13.4. The molecular formula is C23H24N4O6. The molecule has 0 aliphatic heterocycles. The van der Waals surface area contributed by atoms with Crippen molar-refractivity contribution in [1.29, 1.82) is 0 Å². The van der Waals surface area contributed by atoms with Crippen LogP contribution < -0.4 is 9.47 Å². The average molecular weight is 452 g/mol. The van der Waals surface area contributed by atoms with E-state index in [1.807, 2.05) is 32.2 Å². The summed E-state index contributed by atoms with van der Waals surface area (Å²) in [7, 11) is 0. The van der Waals surface area contributed by atoms with Gasteiger partial charge in [0.2, 0.25) is 11.8 Å². The zero-order valence-electron chi connectivity index (χ0n) is 18.4. The van der Waals surface area contributed by atoms with Gasteiger partial charge in [0.1, 0.15) is 18.1 Å². The molecule has 10 nitrogen and oxygen atoms in total. The van der Waals surface area contributed by atoms with Gasteiger partial charge in [0.25, 0.3) is 5.89 Å². The molecule has 0 amide bonds. The maximum Gasteiger partial charge on any atom is 0.303 e. The van der Waals surface area contributed by atoms with E-state index in [0.717, 1.165) is 11.1 Å². The average Bonchev–Trinajstić information content (AvgIpc) is 3.52. The summed E-state index contributed by atoms with van der Waals surface area (Å²) in [6.45, 7) is 4.78. The molecule has 0 saturated carbocycles. The molecule has 0 bridgehead atoms. The number of hydrogen-bond donors (Lipinski definition) is 1. The number of oxazole rings is 1. The number of hydrogen-bond acceptors (Lipinski definition) is 8. The summed E-state index contributed by atoms with van der Waals surface area (Å²) in [5.41, 5.74) is 2.34.